The van der Waals surface area contributed by atoms with Crippen LogP contribution in [0.25, 0.3) is 0 Å². The zero-order chi connectivity index (χ0) is 13.2. The molecule has 1 N–H and O–H groups in total. The molecule has 0 amide bonds. The third kappa shape index (κ3) is 2.80. The molecule has 0 aromatic carbocycles. The highest BCUT2D eigenvalue weighted by atomic mass is 15.4. The second-order valence-electron chi connectivity index (χ2n) is 5.84. The summed E-state index contributed by atoms with van der Waals surface area (Å²) in [6.45, 7) is 12.2. The summed E-state index contributed by atoms with van der Waals surface area (Å²) in [7, 11) is 0. The molecule has 0 saturated carbocycles. The van der Waals surface area contributed by atoms with E-state index in [-0.39, 0.29) is 0 Å². The smallest absolute Gasteiger partial charge is 0.141 e. The molecule has 19 heavy (non-hydrogen) atoms. The predicted octanol–water partition coefficient (Wildman–Crippen LogP) is -0.0516. The Bertz CT molecular complexity index is 403. The van der Waals surface area contributed by atoms with Crippen molar-refractivity contribution in [2.45, 2.75) is 32.5 Å². The Kier molecular flexibility index (Phi) is 3.81. The number of rotatable bonds is 4. The first kappa shape index (κ1) is 13.0. The summed E-state index contributed by atoms with van der Waals surface area (Å²) in [5.74, 6) is 1.09. The molecule has 0 radical (unpaired) electrons. The fourth-order valence-electron chi connectivity index (χ4n) is 2.84. The Morgan fingerprint density at radius 3 is 2.58 bits per heavy atom. The molecular weight excluding hydrogens is 240 g/mol. The van der Waals surface area contributed by atoms with Crippen molar-refractivity contribution in [3.05, 3.63) is 12.2 Å². The van der Waals surface area contributed by atoms with Crippen molar-refractivity contribution < 1.29 is 0 Å². The quantitative estimate of drug-likeness (QED) is 0.826. The van der Waals surface area contributed by atoms with Crippen LogP contribution in [0.5, 0.6) is 0 Å². The average molecular weight is 264 g/mol. The van der Waals surface area contributed by atoms with E-state index in [2.05, 4.69) is 39.0 Å². The molecule has 1 aromatic heterocycles. The fourth-order valence-corrected chi connectivity index (χ4v) is 2.84. The van der Waals surface area contributed by atoms with Crippen LogP contribution in [0, 0.1) is 0 Å². The maximum absolute atomic E-state index is 4.40. The molecule has 1 aromatic rings. The summed E-state index contributed by atoms with van der Waals surface area (Å²) in [6.07, 6.45) is 1.67. The SMILES string of the molecule is CC(C)n1ncnc1CN1CCN(C2CNC2)CC1. The van der Waals surface area contributed by atoms with Gasteiger partial charge in [0.05, 0.1) is 6.54 Å². The molecule has 0 atom stereocenters. The Labute approximate surface area is 114 Å². The van der Waals surface area contributed by atoms with Gasteiger partial charge >= 0.3 is 0 Å². The lowest BCUT2D eigenvalue weighted by Gasteiger charge is -2.43. The molecule has 0 aliphatic carbocycles. The zero-order valence-corrected chi connectivity index (χ0v) is 11.9. The van der Waals surface area contributed by atoms with Gasteiger partial charge in [0.25, 0.3) is 0 Å². The summed E-state index contributed by atoms with van der Waals surface area (Å²) in [4.78, 5) is 9.50. The normalized spacial score (nSPS) is 22.9. The Balaban J connectivity index is 1.52. The summed E-state index contributed by atoms with van der Waals surface area (Å²) < 4.78 is 2.03. The van der Waals surface area contributed by atoms with E-state index in [9.17, 15) is 0 Å². The van der Waals surface area contributed by atoms with Crippen LogP contribution in [-0.2, 0) is 6.54 Å². The van der Waals surface area contributed by atoms with E-state index in [1.165, 1.54) is 26.2 Å². The van der Waals surface area contributed by atoms with Crippen molar-refractivity contribution in [1.29, 1.82) is 0 Å². The van der Waals surface area contributed by atoms with Gasteiger partial charge in [-0.1, -0.05) is 0 Å². The van der Waals surface area contributed by atoms with E-state index in [1.807, 2.05) is 4.68 Å². The standard InChI is InChI=1S/C13H24N6/c1-11(2)19-13(15-10-16-19)9-17-3-5-18(6-4-17)12-7-14-8-12/h10-12,14H,3-9H2,1-2H3. The summed E-state index contributed by atoms with van der Waals surface area (Å²) in [5.41, 5.74) is 0. The van der Waals surface area contributed by atoms with E-state index in [0.717, 1.165) is 31.5 Å². The molecular formula is C13H24N6. The van der Waals surface area contributed by atoms with Gasteiger partial charge in [-0.2, -0.15) is 5.10 Å². The second-order valence-corrected chi connectivity index (χ2v) is 5.84. The minimum atomic E-state index is 0.389. The molecule has 2 fully saturated rings. The molecule has 2 aliphatic rings. The topological polar surface area (TPSA) is 49.2 Å². The number of aromatic nitrogens is 3. The van der Waals surface area contributed by atoms with Crippen molar-refractivity contribution in [3.63, 3.8) is 0 Å². The van der Waals surface area contributed by atoms with Gasteiger partial charge in [0.15, 0.2) is 0 Å². The molecule has 106 valence electrons. The molecule has 6 nitrogen and oxygen atoms in total. The van der Waals surface area contributed by atoms with Gasteiger partial charge in [0, 0.05) is 51.4 Å². The van der Waals surface area contributed by atoms with Gasteiger partial charge in [-0.05, 0) is 13.8 Å². The van der Waals surface area contributed by atoms with E-state index < -0.39 is 0 Å². The van der Waals surface area contributed by atoms with E-state index in [0.29, 0.717) is 6.04 Å². The fraction of sp³-hybridized carbons (Fsp3) is 0.846. The number of piperazine rings is 1. The lowest BCUT2D eigenvalue weighted by molar-refractivity contribution is 0.0676. The number of hydrogen-bond acceptors (Lipinski definition) is 5. The second kappa shape index (κ2) is 5.56. The van der Waals surface area contributed by atoms with E-state index in [4.69, 9.17) is 0 Å². The van der Waals surface area contributed by atoms with Crippen LogP contribution in [0.4, 0.5) is 0 Å². The molecule has 0 spiro atoms. The van der Waals surface area contributed by atoms with Crippen molar-refractivity contribution >= 4 is 0 Å². The summed E-state index contributed by atoms with van der Waals surface area (Å²) in [5, 5.41) is 7.66. The third-order valence-corrected chi connectivity index (χ3v) is 4.18. The van der Waals surface area contributed by atoms with E-state index in [1.54, 1.807) is 6.33 Å². The van der Waals surface area contributed by atoms with Gasteiger partial charge in [0.1, 0.15) is 12.2 Å². The Morgan fingerprint density at radius 2 is 2.00 bits per heavy atom. The largest absolute Gasteiger partial charge is 0.314 e. The first-order valence-electron chi connectivity index (χ1n) is 7.29. The molecule has 0 unspecified atom stereocenters. The van der Waals surface area contributed by atoms with Crippen LogP contribution < -0.4 is 5.32 Å². The number of nitrogens with zero attached hydrogens (tertiary/aromatic N) is 5. The lowest BCUT2D eigenvalue weighted by Crippen LogP contribution is -2.61. The summed E-state index contributed by atoms with van der Waals surface area (Å²) >= 11 is 0. The van der Waals surface area contributed by atoms with Crippen molar-refractivity contribution in [3.8, 4) is 0 Å². The van der Waals surface area contributed by atoms with Crippen molar-refractivity contribution in [2.75, 3.05) is 39.3 Å². The number of hydrogen-bond donors (Lipinski definition) is 1. The Morgan fingerprint density at radius 1 is 1.26 bits per heavy atom. The monoisotopic (exact) mass is 264 g/mol. The van der Waals surface area contributed by atoms with Crippen LogP contribution in [0.1, 0.15) is 25.7 Å². The van der Waals surface area contributed by atoms with Crippen molar-refractivity contribution in [2.24, 2.45) is 0 Å². The van der Waals surface area contributed by atoms with Crippen LogP contribution >= 0.6 is 0 Å². The maximum atomic E-state index is 4.40. The van der Waals surface area contributed by atoms with Crippen LogP contribution in [0.3, 0.4) is 0 Å². The summed E-state index contributed by atoms with van der Waals surface area (Å²) in [6, 6.07) is 1.17. The average Bonchev–Trinajstić information content (AvgIpc) is 2.77. The Hall–Kier alpha value is -0.980. The predicted molar refractivity (Wildman–Crippen MR) is 73.9 cm³/mol. The highest BCUT2D eigenvalue weighted by molar-refractivity contribution is 4.91. The first-order chi connectivity index (χ1) is 9.24. The molecule has 2 saturated heterocycles. The zero-order valence-electron chi connectivity index (χ0n) is 11.9. The number of nitrogens with one attached hydrogen (secondary N) is 1. The van der Waals surface area contributed by atoms with Gasteiger partial charge in [-0.25, -0.2) is 9.67 Å². The highest BCUT2D eigenvalue weighted by Gasteiger charge is 2.28. The minimum Gasteiger partial charge on any atom is -0.314 e. The van der Waals surface area contributed by atoms with Gasteiger partial charge < -0.3 is 5.32 Å². The molecule has 3 heterocycles. The highest BCUT2D eigenvalue weighted by Crippen LogP contribution is 2.13. The first-order valence-corrected chi connectivity index (χ1v) is 7.29. The molecule has 2 aliphatic heterocycles. The minimum absolute atomic E-state index is 0.389. The van der Waals surface area contributed by atoms with E-state index >= 15 is 0 Å². The van der Waals surface area contributed by atoms with Crippen LogP contribution in [0.2, 0.25) is 0 Å². The van der Waals surface area contributed by atoms with Gasteiger partial charge in [-0.3, -0.25) is 9.80 Å². The van der Waals surface area contributed by atoms with Gasteiger partial charge in [-0.15, -0.1) is 0 Å². The lowest BCUT2D eigenvalue weighted by atomic mass is 10.1. The van der Waals surface area contributed by atoms with Crippen LogP contribution in [0.15, 0.2) is 6.33 Å². The van der Waals surface area contributed by atoms with Crippen molar-refractivity contribution in [1.82, 2.24) is 29.9 Å². The molecule has 3 rings (SSSR count). The third-order valence-electron chi connectivity index (χ3n) is 4.18. The maximum Gasteiger partial charge on any atom is 0.141 e. The molecule has 0 bridgehead atoms. The van der Waals surface area contributed by atoms with Gasteiger partial charge in [0.2, 0.25) is 0 Å². The molecule has 6 heteroatoms. The van der Waals surface area contributed by atoms with Crippen LogP contribution in [-0.4, -0.2) is 69.9 Å².